The molecule has 0 aliphatic carbocycles. The van der Waals surface area contributed by atoms with E-state index in [4.69, 9.17) is 4.74 Å². The van der Waals surface area contributed by atoms with Crippen LogP contribution in [0.4, 0.5) is 0 Å². The molecule has 1 atom stereocenters. The topological polar surface area (TPSA) is 38.2 Å². The van der Waals surface area contributed by atoms with Gasteiger partial charge in [-0.2, -0.15) is 0 Å². The summed E-state index contributed by atoms with van der Waals surface area (Å²) in [6.45, 7) is 3.68. The minimum absolute atomic E-state index is 0.476. The van der Waals surface area contributed by atoms with Gasteiger partial charge in [-0.3, -0.25) is 4.90 Å². The van der Waals surface area contributed by atoms with Gasteiger partial charge in [-0.1, -0.05) is 42.5 Å². The molecule has 1 aliphatic heterocycles. The highest BCUT2D eigenvalue weighted by Gasteiger charge is 2.21. The summed E-state index contributed by atoms with van der Waals surface area (Å²) in [4.78, 5) is 11.4. The number of likely N-dealkylation sites (tertiary alicyclic amines) is 1. The van der Waals surface area contributed by atoms with E-state index in [1.54, 1.807) is 7.11 Å². The van der Waals surface area contributed by atoms with Gasteiger partial charge in [0.25, 0.3) is 0 Å². The fourth-order valence-corrected chi connectivity index (χ4v) is 3.21. The second-order valence-electron chi connectivity index (χ2n) is 6.24. The highest BCUT2D eigenvalue weighted by Crippen LogP contribution is 2.25. The van der Waals surface area contributed by atoms with Gasteiger partial charge in [-0.05, 0) is 31.0 Å². The molecule has 0 bridgehead atoms. The van der Waals surface area contributed by atoms with Crippen LogP contribution in [0, 0.1) is 0 Å². The number of benzene rings is 1. The van der Waals surface area contributed by atoms with Gasteiger partial charge in [0, 0.05) is 38.0 Å². The van der Waals surface area contributed by atoms with Gasteiger partial charge in [-0.15, -0.1) is 0 Å². The van der Waals surface area contributed by atoms with Crippen molar-refractivity contribution < 1.29 is 4.74 Å². The summed E-state index contributed by atoms with van der Waals surface area (Å²) in [6, 6.07) is 12.5. The van der Waals surface area contributed by atoms with Crippen LogP contribution in [0.25, 0.3) is 6.08 Å². The Morgan fingerprint density at radius 1 is 1.25 bits per heavy atom. The van der Waals surface area contributed by atoms with Gasteiger partial charge in [0.15, 0.2) is 5.82 Å². The van der Waals surface area contributed by atoms with Crippen molar-refractivity contribution in [1.82, 2.24) is 14.9 Å². The third-order valence-corrected chi connectivity index (χ3v) is 4.40. The molecule has 0 amide bonds. The number of piperidine rings is 1. The molecule has 2 heterocycles. The second kappa shape index (κ2) is 8.71. The monoisotopic (exact) mass is 323 g/mol. The van der Waals surface area contributed by atoms with E-state index in [0.717, 1.165) is 31.2 Å². The van der Waals surface area contributed by atoms with E-state index in [1.165, 1.54) is 18.4 Å². The Morgan fingerprint density at radius 3 is 2.96 bits per heavy atom. The molecular formula is C20H25N3O. The number of ether oxygens (including phenoxy) is 1. The smallest absolute Gasteiger partial charge is 0.154 e. The van der Waals surface area contributed by atoms with E-state index >= 15 is 0 Å². The normalized spacial score (nSPS) is 19.0. The summed E-state index contributed by atoms with van der Waals surface area (Å²) in [5.41, 5.74) is 2.40. The number of rotatable bonds is 6. The molecule has 1 aromatic heterocycles. The highest BCUT2D eigenvalue weighted by molar-refractivity contribution is 5.48. The molecule has 1 aliphatic rings. The molecule has 0 N–H and O–H groups in total. The van der Waals surface area contributed by atoms with Crippen LogP contribution in [-0.2, 0) is 11.3 Å². The van der Waals surface area contributed by atoms with Gasteiger partial charge in [0.05, 0.1) is 0 Å². The van der Waals surface area contributed by atoms with Crippen molar-refractivity contribution in [1.29, 1.82) is 0 Å². The van der Waals surface area contributed by atoms with Crippen molar-refractivity contribution in [3.63, 3.8) is 0 Å². The van der Waals surface area contributed by atoms with Gasteiger partial charge in [0.1, 0.15) is 6.61 Å². The minimum Gasteiger partial charge on any atom is -0.377 e. The summed E-state index contributed by atoms with van der Waals surface area (Å²) in [5, 5.41) is 0. The Balaban J connectivity index is 1.58. The molecular weight excluding hydrogens is 298 g/mol. The molecule has 2 aromatic rings. The highest BCUT2D eigenvalue weighted by atomic mass is 16.5. The van der Waals surface area contributed by atoms with E-state index in [2.05, 4.69) is 51.3 Å². The number of nitrogens with zero attached hydrogens (tertiary/aromatic N) is 3. The minimum atomic E-state index is 0.476. The maximum Gasteiger partial charge on any atom is 0.154 e. The molecule has 24 heavy (non-hydrogen) atoms. The third kappa shape index (κ3) is 4.73. The molecule has 4 heteroatoms. The van der Waals surface area contributed by atoms with Crippen LogP contribution >= 0.6 is 0 Å². The van der Waals surface area contributed by atoms with E-state index < -0.39 is 0 Å². The molecule has 0 radical (unpaired) electrons. The zero-order valence-corrected chi connectivity index (χ0v) is 14.3. The van der Waals surface area contributed by atoms with Gasteiger partial charge >= 0.3 is 0 Å². The maximum atomic E-state index is 5.14. The van der Waals surface area contributed by atoms with Gasteiger partial charge in [0.2, 0.25) is 0 Å². The fraction of sp³-hybridized carbons (Fsp3) is 0.400. The van der Waals surface area contributed by atoms with Crippen LogP contribution in [0.15, 0.2) is 48.7 Å². The molecule has 0 saturated carbocycles. The summed E-state index contributed by atoms with van der Waals surface area (Å²) < 4.78 is 5.14. The Kier molecular flexibility index (Phi) is 6.10. The van der Waals surface area contributed by atoms with Crippen LogP contribution in [0.1, 0.15) is 35.8 Å². The van der Waals surface area contributed by atoms with Crippen LogP contribution in [0.5, 0.6) is 0 Å². The first-order valence-electron chi connectivity index (χ1n) is 8.60. The van der Waals surface area contributed by atoms with Crippen LogP contribution < -0.4 is 0 Å². The lowest BCUT2D eigenvalue weighted by Crippen LogP contribution is -2.34. The average Bonchev–Trinajstić information content (AvgIpc) is 2.63. The molecule has 126 valence electrons. The lowest BCUT2D eigenvalue weighted by atomic mass is 9.94. The number of aromatic nitrogens is 2. The Bertz CT molecular complexity index is 657. The lowest BCUT2D eigenvalue weighted by molar-refractivity contribution is 0.176. The Labute approximate surface area is 144 Å². The van der Waals surface area contributed by atoms with E-state index in [9.17, 15) is 0 Å². The summed E-state index contributed by atoms with van der Waals surface area (Å²) in [5.74, 6) is 1.26. The molecule has 1 aromatic carbocycles. The summed E-state index contributed by atoms with van der Waals surface area (Å²) in [6.07, 6.45) is 8.72. The number of hydrogen-bond donors (Lipinski definition) is 0. The largest absolute Gasteiger partial charge is 0.377 e. The second-order valence-corrected chi connectivity index (χ2v) is 6.24. The molecule has 0 spiro atoms. The van der Waals surface area contributed by atoms with Crippen molar-refractivity contribution in [2.75, 3.05) is 26.7 Å². The predicted molar refractivity (Wildman–Crippen MR) is 96.6 cm³/mol. The summed E-state index contributed by atoms with van der Waals surface area (Å²) >= 11 is 0. The fourth-order valence-electron chi connectivity index (χ4n) is 3.21. The first-order valence-corrected chi connectivity index (χ1v) is 8.60. The Hall–Kier alpha value is -2.04. The first-order chi connectivity index (χ1) is 11.8. The molecule has 1 unspecified atom stereocenters. The van der Waals surface area contributed by atoms with Crippen molar-refractivity contribution in [2.24, 2.45) is 0 Å². The van der Waals surface area contributed by atoms with Crippen molar-refractivity contribution in [3.8, 4) is 0 Å². The average molecular weight is 323 g/mol. The predicted octanol–water partition coefficient (Wildman–Crippen LogP) is 3.52. The van der Waals surface area contributed by atoms with Gasteiger partial charge in [-0.25, -0.2) is 9.97 Å². The van der Waals surface area contributed by atoms with Crippen LogP contribution in [0.3, 0.4) is 0 Å². The van der Waals surface area contributed by atoms with Crippen LogP contribution in [-0.4, -0.2) is 41.6 Å². The first kappa shape index (κ1) is 16.8. The summed E-state index contributed by atoms with van der Waals surface area (Å²) in [7, 11) is 1.68. The van der Waals surface area contributed by atoms with Gasteiger partial charge < -0.3 is 4.74 Å². The SMILES string of the molecule is COCc1nccc(C2CCCN(CC=Cc3ccccc3)C2)n1. The molecule has 4 nitrogen and oxygen atoms in total. The van der Waals surface area contributed by atoms with Crippen molar-refractivity contribution in [3.05, 3.63) is 65.8 Å². The molecule has 1 fully saturated rings. The number of hydrogen-bond acceptors (Lipinski definition) is 4. The third-order valence-electron chi connectivity index (χ3n) is 4.40. The zero-order valence-electron chi connectivity index (χ0n) is 14.3. The van der Waals surface area contributed by atoms with E-state index in [1.807, 2.05) is 18.3 Å². The number of methoxy groups -OCH3 is 1. The standard InChI is InChI=1S/C20H25N3O/c1-24-16-20-21-12-11-19(22-20)18-10-6-14-23(15-18)13-5-9-17-7-3-2-4-8-17/h2-5,7-9,11-12,18H,6,10,13-16H2,1H3. The lowest BCUT2D eigenvalue weighted by Gasteiger charge is -2.31. The Morgan fingerprint density at radius 2 is 2.12 bits per heavy atom. The van der Waals surface area contributed by atoms with E-state index in [0.29, 0.717) is 12.5 Å². The van der Waals surface area contributed by atoms with Crippen molar-refractivity contribution >= 4 is 6.08 Å². The molecule has 3 rings (SSSR count). The molecule has 1 saturated heterocycles. The maximum absolute atomic E-state index is 5.14. The van der Waals surface area contributed by atoms with Crippen LogP contribution in [0.2, 0.25) is 0 Å². The van der Waals surface area contributed by atoms with E-state index in [-0.39, 0.29) is 0 Å². The quantitative estimate of drug-likeness (QED) is 0.815. The van der Waals surface area contributed by atoms with Crippen molar-refractivity contribution in [2.45, 2.75) is 25.4 Å². The zero-order chi connectivity index (χ0) is 16.6.